The fraction of sp³-hybridized carbons (Fsp3) is 0.857. The number of rotatable bonds is 6. The lowest BCUT2D eigenvalue weighted by Gasteiger charge is -2.30. The van der Waals surface area contributed by atoms with Crippen LogP contribution in [0.25, 0.3) is 0 Å². The van der Waals surface area contributed by atoms with Crippen LogP contribution in [0.2, 0.25) is 0 Å². The zero-order valence-electron chi connectivity index (χ0n) is 12.0. The van der Waals surface area contributed by atoms with Gasteiger partial charge in [-0.1, -0.05) is 53.2 Å². The summed E-state index contributed by atoms with van der Waals surface area (Å²) in [5.41, 5.74) is -0.534. The fourth-order valence-corrected chi connectivity index (χ4v) is 1.73. The third-order valence-corrected chi connectivity index (χ3v) is 2.80. The Bertz CT molecular complexity index is 251. The molecule has 0 saturated carbocycles. The maximum absolute atomic E-state index is 12.3. The van der Waals surface area contributed by atoms with Crippen molar-refractivity contribution in [3.05, 3.63) is 12.2 Å². The Morgan fingerprint density at radius 1 is 1.17 bits per heavy atom. The second kappa shape index (κ2) is 7.17. The summed E-state index contributed by atoms with van der Waals surface area (Å²) in [5.74, 6) is 0.404. The maximum atomic E-state index is 12.3. The summed E-state index contributed by atoms with van der Waals surface area (Å²) in [6.45, 7) is 9.43. The highest BCUT2D eigenvalue weighted by Crippen LogP contribution is 2.31. The number of ether oxygens (including phenoxy) is 1. The van der Waals surface area contributed by atoms with Crippen molar-refractivity contribution in [3.8, 4) is 0 Å². The van der Waals surface area contributed by atoms with Crippen LogP contribution in [0, 0.1) is 11.3 Å². The molecular formula is C14H25F3O. The van der Waals surface area contributed by atoms with Crippen LogP contribution in [0.3, 0.4) is 0 Å². The summed E-state index contributed by atoms with van der Waals surface area (Å²) < 4.78 is 41.1. The summed E-state index contributed by atoms with van der Waals surface area (Å²) in [6.07, 6.45) is 0.786. The molecule has 0 aliphatic rings. The lowest BCUT2D eigenvalue weighted by Crippen LogP contribution is -2.34. The standard InChI is InChI=1S/C14H25F3O/c1-6-8-11(2)9-7-10-12(13(3,4)5)18-14(15,16)17/h7,9,11-12H,6,8,10H2,1-5H3/b9-7-/t11-,12-/m1/s1. The molecule has 0 saturated heterocycles. The van der Waals surface area contributed by atoms with Gasteiger partial charge in [0.15, 0.2) is 0 Å². The van der Waals surface area contributed by atoms with Gasteiger partial charge in [-0.05, 0) is 24.2 Å². The van der Waals surface area contributed by atoms with Gasteiger partial charge in [-0.15, -0.1) is 13.2 Å². The van der Waals surface area contributed by atoms with Gasteiger partial charge in [0, 0.05) is 0 Å². The van der Waals surface area contributed by atoms with Crippen LogP contribution in [-0.4, -0.2) is 12.5 Å². The molecule has 0 N–H and O–H groups in total. The van der Waals surface area contributed by atoms with E-state index >= 15 is 0 Å². The molecular weight excluding hydrogens is 241 g/mol. The van der Waals surface area contributed by atoms with Gasteiger partial charge < -0.3 is 0 Å². The molecule has 0 spiro atoms. The first-order valence-corrected chi connectivity index (χ1v) is 6.47. The van der Waals surface area contributed by atoms with Crippen LogP contribution in [0.4, 0.5) is 13.2 Å². The van der Waals surface area contributed by atoms with E-state index in [1.807, 2.05) is 12.2 Å². The van der Waals surface area contributed by atoms with Gasteiger partial charge in [-0.2, -0.15) is 0 Å². The average molecular weight is 266 g/mol. The van der Waals surface area contributed by atoms with Crippen LogP contribution in [-0.2, 0) is 4.74 Å². The molecule has 0 radical (unpaired) electrons. The minimum absolute atomic E-state index is 0.289. The first-order chi connectivity index (χ1) is 8.06. The Balaban J connectivity index is 4.44. The van der Waals surface area contributed by atoms with E-state index in [9.17, 15) is 13.2 Å². The van der Waals surface area contributed by atoms with Gasteiger partial charge >= 0.3 is 6.36 Å². The van der Waals surface area contributed by atoms with Gasteiger partial charge in [0.2, 0.25) is 0 Å². The minimum atomic E-state index is -4.57. The number of hydrogen-bond acceptors (Lipinski definition) is 1. The molecule has 0 aromatic rings. The molecule has 1 nitrogen and oxygen atoms in total. The van der Waals surface area contributed by atoms with E-state index in [4.69, 9.17) is 0 Å². The van der Waals surface area contributed by atoms with E-state index < -0.39 is 17.9 Å². The predicted octanol–water partition coefficient (Wildman–Crippen LogP) is 5.32. The highest BCUT2D eigenvalue weighted by atomic mass is 19.4. The average Bonchev–Trinajstić information content (AvgIpc) is 2.13. The second-order valence-electron chi connectivity index (χ2n) is 5.85. The Kier molecular flexibility index (Phi) is 6.97. The van der Waals surface area contributed by atoms with Crippen molar-refractivity contribution < 1.29 is 17.9 Å². The summed E-state index contributed by atoms with van der Waals surface area (Å²) in [6, 6.07) is 0. The normalized spacial score (nSPS) is 17.1. The third-order valence-electron chi connectivity index (χ3n) is 2.80. The number of hydrogen-bond donors (Lipinski definition) is 0. The Morgan fingerprint density at radius 3 is 2.11 bits per heavy atom. The minimum Gasteiger partial charge on any atom is -0.288 e. The van der Waals surface area contributed by atoms with Crippen LogP contribution in [0.1, 0.15) is 53.9 Å². The summed E-state index contributed by atoms with van der Waals surface area (Å²) in [7, 11) is 0. The van der Waals surface area contributed by atoms with Crippen molar-refractivity contribution in [1.82, 2.24) is 0 Å². The molecule has 0 aromatic heterocycles. The van der Waals surface area contributed by atoms with Crippen LogP contribution in [0.5, 0.6) is 0 Å². The van der Waals surface area contributed by atoms with E-state index in [1.54, 1.807) is 20.8 Å². The zero-order chi connectivity index (χ0) is 14.4. The SMILES string of the molecule is CCC[C@@H](C)/C=C\C[C@@H](OC(F)(F)F)C(C)(C)C. The molecule has 4 heteroatoms. The monoisotopic (exact) mass is 266 g/mol. The van der Waals surface area contributed by atoms with Crippen molar-refractivity contribution in [1.29, 1.82) is 0 Å². The second-order valence-corrected chi connectivity index (χ2v) is 5.85. The van der Waals surface area contributed by atoms with Crippen molar-refractivity contribution in [2.75, 3.05) is 0 Å². The van der Waals surface area contributed by atoms with Gasteiger partial charge in [0.1, 0.15) is 0 Å². The molecule has 2 atom stereocenters. The number of allylic oxidation sites excluding steroid dienone is 1. The highest BCUT2D eigenvalue weighted by Gasteiger charge is 2.37. The van der Waals surface area contributed by atoms with E-state index in [0.717, 1.165) is 12.8 Å². The quantitative estimate of drug-likeness (QED) is 0.591. The largest absolute Gasteiger partial charge is 0.522 e. The Morgan fingerprint density at radius 2 is 1.72 bits per heavy atom. The van der Waals surface area contributed by atoms with E-state index in [0.29, 0.717) is 5.92 Å². The molecule has 0 aliphatic carbocycles. The van der Waals surface area contributed by atoms with Crippen molar-refractivity contribution in [2.45, 2.75) is 66.3 Å². The molecule has 108 valence electrons. The molecule has 0 amide bonds. The maximum Gasteiger partial charge on any atom is 0.522 e. The molecule has 0 fully saturated rings. The first-order valence-electron chi connectivity index (χ1n) is 6.47. The van der Waals surface area contributed by atoms with Crippen molar-refractivity contribution in [3.63, 3.8) is 0 Å². The molecule has 0 heterocycles. The fourth-order valence-electron chi connectivity index (χ4n) is 1.73. The molecule has 0 unspecified atom stereocenters. The van der Waals surface area contributed by atoms with Crippen LogP contribution < -0.4 is 0 Å². The van der Waals surface area contributed by atoms with Crippen LogP contribution >= 0.6 is 0 Å². The zero-order valence-corrected chi connectivity index (χ0v) is 12.0. The van der Waals surface area contributed by atoms with E-state index in [1.165, 1.54) is 0 Å². The third kappa shape index (κ3) is 8.56. The molecule has 18 heavy (non-hydrogen) atoms. The van der Waals surface area contributed by atoms with E-state index in [-0.39, 0.29) is 6.42 Å². The van der Waals surface area contributed by atoms with Gasteiger partial charge in [0.05, 0.1) is 6.10 Å². The van der Waals surface area contributed by atoms with Crippen molar-refractivity contribution in [2.24, 2.45) is 11.3 Å². The van der Waals surface area contributed by atoms with Gasteiger partial charge in [-0.3, -0.25) is 4.74 Å². The van der Waals surface area contributed by atoms with Gasteiger partial charge in [0.25, 0.3) is 0 Å². The van der Waals surface area contributed by atoms with Crippen LogP contribution in [0.15, 0.2) is 12.2 Å². The first kappa shape index (κ1) is 17.5. The summed E-state index contributed by atoms with van der Waals surface area (Å²) in [5, 5.41) is 0. The lowest BCUT2D eigenvalue weighted by molar-refractivity contribution is -0.352. The lowest BCUT2D eigenvalue weighted by atomic mass is 9.86. The molecule has 0 aromatic carbocycles. The number of halogens is 3. The number of alkyl halides is 3. The molecule has 0 rings (SSSR count). The highest BCUT2D eigenvalue weighted by molar-refractivity contribution is 4.91. The smallest absolute Gasteiger partial charge is 0.288 e. The topological polar surface area (TPSA) is 9.23 Å². The molecule has 0 aliphatic heterocycles. The predicted molar refractivity (Wildman–Crippen MR) is 68.2 cm³/mol. The van der Waals surface area contributed by atoms with Gasteiger partial charge in [-0.25, -0.2) is 0 Å². The molecule has 0 bridgehead atoms. The van der Waals surface area contributed by atoms with Crippen molar-refractivity contribution >= 4 is 0 Å². The Labute approximate surface area is 108 Å². The summed E-state index contributed by atoms with van der Waals surface area (Å²) in [4.78, 5) is 0. The Hall–Kier alpha value is -0.510. The summed E-state index contributed by atoms with van der Waals surface area (Å²) >= 11 is 0. The van der Waals surface area contributed by atoms with E-state index in [2.05, 4.69) is 18.6 Å².